The molecule has 0 heterocycles. The number of benzene rings is 1. The van der Waals surface area contributed by atoms with Crippen LogP contribution in [0, 0.1) is 11.8 Å². The van der Waals surface area contributed by atoms with Gasteiger partial charge in [-0.1, -0.05) is 34.6 Å². The van der Waals surface area contributed by atoms with Crippen molar-refractivity contribution in [2.75, 3.05) is 26.2 Å². The number of ether oxygens (including phenoxy) is 2. The Balaban J connectivity index is 2.54. The smallest absolute Gasteiger partial charge is 0.338 e. The van der Waals surface area contributed by atoms with Crippen LogP contribution in [0.15, 0.2) is 24.3 Å². The van der Waals surface area contributed by atoms with Crippen molar-refractivity contribution in [3.05, 3.63) is 29.8 Å². The molecule has 2 unspecified atom stereocenters. The first kappa shape index (κ1) is 20.5. The summed E-state index contributed by atoms with van der Waals surface area (Å²) in [6.07, 6.45) is -0.116. The Hall–Kier alpha value is -1.55. The highest BCUT2D eigenvalue weighted by Crippen LogP contribution is 2.16. The molecular formula is C20H33NO3. The van der Waals surface area contributed by atoms with Gasteiger partial charge in [-0.3, -0.25) is 0 Å². The lowest BCUT2D eigenvalue weighted by atomic mass is 10.1. The van der Waals surface area contributed by atoms with Crippen LogP contribution in [0.4, 0.5) is 0 Å². The Morgan fingerprint density at radius 3 is 2.12 bits per heavy atom. The van der Waals surface area contributed by atoms with E-state index in [0.29, 0.717) is 24.0 Å². The summed E-state index contributed by atoms with van der Waals surface area (Å²) in [7, 11) is 0. The summed E-state index contributed by atoms with van der Waals surface area (Å²) in [5, 5.41) is 0. The second-order valence-electron chi connectivity index (χ2n) is 6.80. The summed E-state index contributed by atoms with van der Waals surface area (Å²) in [6.45, 7) is 16.2. The first-order chi connectivity index (χ1) is 11.4. The van der Waals surface area contributed by atoms with Crippen LogP contribution in [0.3, 0.4) is 0 Å². The van der Waals surface area contributed by atoms with Crippen molar-refractivity contribution in [3.63, 3.8) is 0 Å². The maximum Gasteiger partial charge on any atom is 0.338 e. The number of nitrogens with zero attached hydrogens (tertiary/aromatic N) is 1. The molecule has 0 bridgehead atoms. The molecular weight excluding hydrogens is 302 g/mol. The van der Waals surface area contributed by atoms with Gasteiger partial charge < -0.3 is 14.4 Å². The van der Waals surface area contributed by atoms with E-state index in [0.717, 1.165) is 25.4 Å². The van der Waals surface area contributed by atoms with Gasteiger partial charge in [0.25, 0.3) is 0 Å². The Morgan fingerprint density at radius 2 is 1.62 bits per heavy atom. The molecule has 0 fully saturated rings. The third-order valence-corrected chi connectivity index (χ3v) is 4.21. The molecule has 0 aliphatic rings. The van der Waals surface area contributed by atoms with Gasteiger partial charge in [0.05, 0.1) is 12.2 Å². The van der Waals surface area contributed by atoms with Crippen molar-refractivity contribution in [1.82, 2.24) is 4.90 Å². The molecule has 0 aliphatic carbocycles. The van der Waals surface area contributed by atoms with E-state index in [1.54, 1.807) is 12.1 Å². The van der Waals surface area contributed by atoms with Crippen LogP contribution in [0.1, 0.15) is 51.9 Å². The zero-order chi connectivity index (χ0) is 18.1. The largest absolute Gasteiger partial charge is 0.493 e. The third-order valence-electron chi connectivity index (χ3n) is 4.21. The van der Waals surface area contributed by atoms with Crippen LogP contribution >= 0.6 is 0 Å². The fourth-order valence-corrected chi connectivity index (χ4v) is 2.34. The van der Waals surface area contributed by atoms with Crippen molar-refractivity contribution in [2.45, 2.75) is 47.6 Å². The Bertz CT molecular complexity index is 480. The minimum absolute atomic E-state index is 0.116. The Morgan fingerprint density at radius 1 is 1.04 bits per heavy atom. The third kappa shape index (κ3) is 6.91. The zero-order valence-corrected chi connectivity index (χ0v) is 16.0. The van der Waals surface area contributed by atoms with Crippen molar-refractivity contribution >= 4 is 5.97 Å². The molecule has 2 atom stereocenters. The normalized spacial score (nSPS) is 13.8. The summed E-state index contributed by atoms with van der Waals surface area (Å²) in [6, 6.07) is 7.17. The molecule has 0 aromatic heterocycles. The van der Waals surface area contributed by atoms with E-state index >= 15 is 0 Å². The maximum atomic E-state index is 12.3. The maximum absolute atomic E-state index is 12.3. The molecule has 1 rings (SSSR count). The van der Waals surface area contributed by atoms with Crippen LogP contribution in [-0.4, -0.2) is 43.2 Å². The molecule has 136 valence electrons. The lowest BCUT2D eigenvalue weighted by Crippen LogP contribution is -2.34. The fraction of sp³-hybridized carbons (Fsp3) is 0.650. The fourth-order valence-electron chi connectivity index (χ4n) is 2.34. The van der Waals surface area contributed by atoms with Gasteiger partial charge in [-0.2, -0.15) is 0 Å². The molecule has 24 heavy (non-hydrogen) atoms. The van der Waals surface area contributed by atoms with Gasteiger partial charge in [0.15, 0.2) is 0 Å². The van der Waals surface area contributed by atoms with E-state index in [1.807, 2.05) is 19.1 Å². The van der Waals surface area contributed by atoms with Crippen molar-refractivity contribution in [3.8, 4) is 5.75 Å². The van der Waals surface area contributed by atoms with Gasteiger partial charge in [0.2, 0.25) is 0 Å². The summed E-state index contributed by atoms with van der Waals surface area (Å²) < 4.78 is 11.3. The van der Waals surface area contributed by atoms with Crippen molar-refractivity contribution in [2.24, 2.45) is 11.8 Å². The molecule has 0 saturated carbocycles. The second kappa shape index (κ2) is 10.3. The molecule has 0 radical (unpaired) electrons. The highest BCUT2D eigenvalue weighted by molar-refractivity contribution is 5.89. The molecule has 0 N–H and O–H groups in total. The van der Waals surface area contributed by atoms with Gasteiger partial charge in [0, 0.05) is 12.5 Å². The van der Waals surface area contributed by atoms with Gasteiger partial charge >= 0.3 is 5.97 Å². The van der Waals surface area contributed by atoms with Gasteiger partial charge in [-0.25, -0.2) is 4.79 Å². The predicted octanol–water partition coefficient (Wildman–Crippen LogP) is 4.24. The topological polar surface area (TPSA) is 38.8 Å². The van der Waals surface area contributed by atoms with Crippen molar-refractivity contribution < 1.29 is 14.3 Å². The summed E-state index contributed by atoms with van der Waals surface area (Å²) >= 11 is 0. The molecule has 4 heteroatoms. The zero-order valence-electron chi connectivity index (χ0n) is 16.0. The van der Waals surface area contributed by atoms with Gasteiger partial charge in [-0.15, -0.1) is 0 Å². The van der Waals surface area contributed by atoms with Crippen LogP contribution in [-0.2, 0) is 4.74 Å². The number of hydrogen-bond donors (Lipinski definition) is 0. The van der Waals surface area contributed by atoms with Crippen LogP contribution in [0.25, 0.3) is 0 Å². The summed E-state index contributed by atoms with van der Waals surface area (Å²) in [5.41, 5.74) is 0.564. The van der Waals surface area contributed by atoms with E-state index in [1.165, 1.54) is 0 Å². The van der Waals surface area contributed by atoms with Crippen LogP contribution in [0.5, 0.6) is 5.75 Å². The summed E-state index contributed by atoms with van der Waals surface area (Å²) in [4.78, 5) is 14.6. The highest BCUT2D eigenvalue weighted by Gasteiger charge is 2.19. The quantitative estimate of drug-likeness (QED) is 0.599. The average molecular weight is 335 g/mol. The number of esters is 1. The molecule has 0 amide bonds. The van der Waals surface area contributed by atoms with E-state index in [2.05, 4.69) is 39.5 Å². The minimum atomic E-state index is -0.274. The summed E-state index contributed by atoms with van der Waals surface area (Å²) in [5.74, 6) is 1.28. The SMILES string of the molecule is CCN(CC)CC(C)C(C)OC(=O)c1ccc(OCC(C)C)cc1. The standard InChI is InChI=1S/C20H33NO3/c1-7-21(8-2)13-16(5)17(6)24-20(22)18-9-11-19(12-10-18)23-14-15(3)4/h9-12,15-17H,7-8,13-14H2,1-6H3. The van der Waals surface area contributed by atoms with Crippen LogP contribution in [0.2, 0.25) is 0 Å². The predicted molar refractivity (Wildman–Crippen MR) is 98.6 cm³/mol. The van der Waals surface area contributed by atoms with Crippen LogP contribution < -0.4 is 4.74 Å². The van der Waals surface area contributed by atoms with Gasteiger partial charge in [0.1, 0.15) is 11.9 Å². The van der Waals surface area contributed by atoms with E-state index in [4.69, 9.17) is 9.47 Å². The molecule has 1 aromatic carbocycles. The minimum Gasteiger partial charge on any atom is -0.493 e. The van der Waals surface area contributed by atoms with E-state index in [-0.39, 0.29) is 12.1 Å². The molecule has 4 nitrogen and oxygen atoms in total. The number of carbonyl (C=O) groups is 1. The lowest BCUT2D eigenvalue weighted by Gasteiger charge is -2.26. The number of hydrogen-bond acceptors (Lipinski definition) is 4. The molecule has 0 saturated heterocycles. The number of rotatable bonds is 10. The lowest BCUT2D eigenvalue weighted by molar-refractivity contribution is 0.0172. The Kier molecular flexibility index (Phi) is 8.83. The van der Waals surface area contributed by atoms with E-state index in [9.17, 15) is 4.79 Å². The number of carbonyl (C=O) groups excluding carboxylic acids is 1. The van der Waals surface area contributed by atoms with E-state index < -0.39 is 0 Å². The average Bonchev–Trinajstić information content (AvgIpc) is 2.57. The molecule has 0 aliphatic heterocycles. The molecule has 0 spiro atoms. The van der Waals surface area contributed by atoms with Gasteiger partial charge in [-0.05, 0) is 50.2 Å². The highest BCUT2D eigenvalue weighted by atomic mass is 16.5. The second-order valence-corrected chi connectivity index (χ2v) is 6.80. The first-order valence-corrected chi connectivity index (χ1v) is 9.03. The first-order valence-electron chi connectivity index (χ1n) is 9.03. The Labute approximate surface area is 147 Å². The monoisotopic (exact) mass is 335 g/mol. The van der Waals surface area contributed by atoms with Crippen molar-refractivity contribution in [1.29, 1.82) is 0 Å². The molecule has 1 aromatic rings.